The van der Waals surface area contributed by atoms with Crippen LogP contribution in [0.3, 0.4) is 0 Å². The summed E-state index contributed by atoms with van der Waals surface area (Å²) in [6, 6.07) is 8.22. The van der Waals surface area contributed by atoms with Crippen LogP contribution in [0.2, 0.25) is 0 Å². The molecule has 0 radical (unpaired) electrons. The number of rotatable bonds is 7. The third-order valence-electron chi connectivity index (χ3n) is 6.20. The first kappa shape index (κ1) is 27.7. The van der Waals surface area contributed by atoms with Crippen LogP contribution in [0.15, 0.2) is 29.3 Å². The van der Waals surface area contributed by atoms with Gasteiger partial charge in [0.2, 0.25) is 5.91 Å². The largest absolute Gasteiger partial charge is 0.497 e. The second-order valence-corrected chi connectivity index (χ2v) is 9.04. The van der Waals surface area contributed by atoms with Crippen LogP contribution in [0.1, 0.15) is 26.3 Å². The first-order chi connectivity index (χ1) is 15.4. The van der Waals surface area contributed by atoms with Crippen LogP contribution < -0.4 is 10.1 Å². The number of methoxy groups -OCH3 is 1. The van der Waals surface area contributed by atoms with Crippen molar-refractivity contribution in [2.45, 2.75) is 26.2 Å². The molecule has 33 heavy (non-hydrogen) atoms. The standard InChI is InChI=1S/C24H39N5O3.HI/c1-5-25-23(26-19-24(2,3)20-7-6-8-21(17-20)31-4)29-11-9-27(10-12-29)18-22(30)28-13-15-32-16-14-28;/h6-8,17H,5,9-16,18-19H2,1-4H3,(H,25,26);1H. The van der Waals surface area contributed by atoms with E-state index in [1.165, 1.54) is 5.56 Å². The number of carbonyl (C=O) groups excluding carboxylic acids is 1. The molecule has 1 amide bonds. The lowest BCUT2D eigenvalue weighted by molar-refractivity contribution is -0.136. The van der Waals surface area contributed by atoms with Gasteiger partial charge in [-0.2, -0.15) is 0 Å². The third-order valence-corrected chi connectivity index (χ3v) is 6.20. The monoisotopic (exact) mass is 573 g/mol. The Balaban J connectivity index is 0.00000385. The zero-order valence-corrected chi connectivity index (χ0v) is 22.8. The van der Waals surface area contributed by atoms with E-state index in [9.17, 15) is 4.79 Å². The molecule has 9 heteroatoms. The molecular formula is C24H40IN5O3. The van der Waals surface area contributed by atoms with Gasteiger partial charge in [0.25, 0.3) is 0 Å². The number of morpholine rings is 1. The summed E-state index contributed by atoms with van der Waals surface area (Å²) in [5.74, 6) is 2.03. The van der Waals surface area contributed by atoms with E-state index in [1.54, 1.807) is 7.11 Å². The van der Waals surface area contributed by atoms with E-state index in [2.05, 4.69) is 48.0 Å². The van der Waals surface area contributed by atoms with E-state index in [0.29, 0.717) is 39.4 Å². The van der Waals surface area contributed by atoms with Crippen molar-refractivity contribution in [1.82, 2.24) is 20.0 Å². The Hall–Kier alpha value is -1.59. The molecule has 1 aromatic carbocycles. The van der Waals surface area contributed by atoms with Crippen molar-refractivity contribution >= 4 is 35.8 Å². The lowest BCUT2D eigenvalue weighted by atomic mass is 9.84. The van der Waals surface area contributed by atoms with Gasteiger partial charge in [0.1, 0.15) is 5.75 Å². The number of hydrogen-bond acceptors (Lipinski definition) is 5. The Morgan fingerprint density at radius 2 is 1.82 bits per heavy atom. The van der Waals surface area contributed by atoms with Gasteiger partial charge in [0.05, 0.1) is 33.4 Å². The Morgan fingerprint density at radius 1 is 1.12 bits per heavy atom. The van der Waals surface area contributed by atoms with Crippen molar-refractivity contribution in [1.29, 1.82) is 0 Å². The van der Waals surface area contributed by atoms with Crippen molar-refractivity contribution in [3.8, 4) is 5.75 Å². The molecular weight excluding hydrogens is 533 g/mol. The minimum Gasteiger partial charge on any atom is -0.497 e. The molecule has 186 valence electrons. The van der Waals surface area contributed by atoms with Gasteiger partial charge in [-0.05, 0) is 24.6 Å². The molecule has 2 aliphatic heterocycles. The van der Waals surface area contributed by atoms with E-state index < -0.39 is 0 Å². The highest BCUT2D eigenvalue weighted by Gasteiger charge is 2.26. The molecule has 2 aliphatic rings. The summed E-state index contributed by atoms with van der Waals surface area (Å²) in [5, 5.41) is 3.45. The highest BCUT2D eigenvalue weighted by atomic mass is 127. The Morgan fingerprint density at radius 3 is 2.45 bits per heavy atom. The minimum absolute atomic E-state index is 0. The Labute approximate surface area is 215 Å². The number of amides is 1. The second kappa shape index (κ2) is 13.3. The summed E-state index contributed by atoms with van der Waals surface area (Å²) >= 11 is 0. The number of carbonyl (C=O) groups is 1. The fraction of sp³-hybridized carbons (Fsp3) is 0.667. The SMILES string of the molecule is CCNC(=NCC(C)(C)c1cccc(OC)c1)N1CCN(CC(=O)N2CCOCC2)CC1.I. The van der Waals surface area contributed by atoms with Crippen molar-refractivity contribution in [3.05, 3.63) is 29.8 Å². The zero-order valence-electron chi connectivity index (χ0n) is 20.5. The lowest BCUT2D eigenvalue weighted by Gasteiger charge is -2.37. The predicted molar refractivity (Wildman–Crippen MR) is 143 cm³/mol. The smallest absolute Gasteiger partial charge is 0.236 e. The van der Waals surface area contributed by atoms with E-state index in [1.807, 2.05) is 17.0 Å². The predicted octanol–water partition coefficient (Wildman–Crippen LogP) is 2.03. The van der Waals surface area contributed by atoms with Gasteiger partial charge in [-0.1, -0.05) is 26.0 Å². The fourth-order valence-corrected chi connectivity index (χ4v) is 4.06. The van der Waals surface area contributed by atoms with Crippen LogP contribution in [-0.4, -0.2) is 106 Å². The van der Waals surface area contributed by atoms with Gasteiger partial charge in [0, 0.05) is 51.2 Å². The summed E-state index contributed by atoms with van der Waals surface area (Å²) in [7, 11) is 1.70. The molecule has 0 aliphatic carbocycles. The summed E-state index contributed by atoms with van der Waals surface area (Å²) in [6.45, 7) is 14.7. The Kier molecular flexibility index (Phi) is 11.2. The van der Waals surface area contributed by atoms with E-state index in [4.69, 9.17) is 14.5 Å². The Bertz CT molecular complexity index is 775. The van der Waals surface area contributed by atoms with E-state index in [-0.39, 0.29) is 35.3 Å². The molecule has 0 spiro atoms. The number of guanidine groups is 1. The fourth-order valence-electron chi connectivity index (χ4n) is 4.06. The number of aliphatic imine (C=N–C) groups is 1. The highest BCUT2D eigenvalue weighted by molar-refractivity contribution is 14.0. The van der Waals surface area contributed by atoms with Crippen LogP contribution in [0.4, 0.5) is 0 Å². The van der Waals surface area contributed by atoms with Crippen molar-refractivity contribution in [3.63, 3.8) is 0 Å². The molecule has 2 heterocycles. The molecule has 3 rings (SSSR count). The molecule has 0 aromatic heterocycles. The number of hydrogen-bond donors (Lipinski definition) is 1. The van der Waals surface area contributed by atoms with Crippen molar-refractivity contribution in [2.24, 2.45) is 4.99 Å². The number of piperazine rings is 1. The van der Waals surface area contributed by atoms with Crippen LogP contribution >= 0.6 is 24.0 Å². The average Bonchev–Trinajstić information content (AvgIpc) is 2.83. The van der Waals surface area contributed by atoms with E-state index in [0.717, 1.165) is 44.4 Å². The summed E-state index contributed by atoms with van der Waals surface area (Å²) < 4.78 is 10.7. The van der Waals surface area contributed by atoms with Crippen LogP contribution in [0, 0.1) is 0 Å². The molecule has 1 aromatic rings. The van der Waals surface area contributed by atoms with Crippen LogP contribution in [-0.2, 0) is 14.9 Å². The number of halogens is 1. The van der Waals surface area contributed by atoms with Crippen molar-refractivity contribution in [2.75, 3.05) is 79.2 Å². The molecule has 2 fully saturated rings. The lowest BCUT2D eigenvalue weighted by Crippen LogP contribution is -2.55. The molecule has 1 N–H and O–H groups in total. The number of nitrogens with zero attached hydrogens (tertiary/aromatic N) is 4. The number of ether oxygens (including phenoxy) is 2. The number of nitrogens with one attached hydrogen (secondary N) is 1. The van der Waals surface area contributed by atoms with Gasteiger partial charge < -0.3 is 24.6 Å². The molecule has 2 saturated heterocycles. The quantitative estimate of drug-likeness (QED) is 0.306. The first-order valence-corrected chi connectivity index (χ1v) is 11.7. The van der Waals surface area contributed by atoms with Gasteiger partial charge >= 0.3 is 0 Å². The maximum atomic E-state index is 12.5. The van der Waals surface area contributed by atoms with Crippen molar-refractivity contribution < 1.29 is 14.3 Å². The normalized spacial score (nSPS) is 18.0. The summed E-state index contributed by atoms with van der Waals surface area (Å²) in [5.41, 5.74) is 1.10. The zero-order chi connectivity index (χ0) is 23.0. The minimum atomic E-state index is -0.110. The maximum absolute atomic E-state index is 12.5. The molecule has 0 unspecified atom stereocenters. The summed E-state index contributed by atoms with van der Waals surface area (Å²) in [4.78, 5) is 24.0. The van der Waals surface area contributed by atoms with Crippen LogP contribution in [0.25, 0.3) is 0 Å². The topological polar surface area (TPSA) is 69.6 Å². The maximum Gasteiger partial charge on any atom is 0.236 e. The molecule has 0 atom stereocenters. The molecule has 8 nitrogen and oxygen atoms in total. The van der Waals surface area contributed by atoms with Gasteiger partial charge in [-0.15, -0.1) is 24.0 Å². The van der Waals surface area contributed by atoms with Crippen LogP contribution in [0.5, 0.6) is 5.75 Å². The van der Waals surface area contributed by atoms with E-state index >= 15 is 0 Å². The molecule has 0 saturated carbocycles. The summed E-state index contributed by atoms with van der Waals surface area (Å²) in [6.07, 6.45) is 0. The van der Waals surface area contributed by atoms with Gasteiger partial charge in [-0.3, -0.25) is 14.7 Å². The third kappa shape index (κ3) is 7.99. The first-order valence-electron chi connectivity index (χ1n) is 11.7. The molecule has 0 bridgehead atoms. The van der Waals surface area contributed by atoms with Gasteiger partial charge in [-0.25, -0.2) is 0 Å². The average molecular weight is 574 g/mol. The second-order valence-electron chi connectivity index (χ2n) is 9.04. The number of benzene rings is 1. The van der Waals surface area contributed by atoms with Gasteiger partial charge in [0.15, 0.2) is 5.96 Å². The highest BCUT2D eigenvalue weighted by Crippen LogP contribution is 2.26.